The van der Waals surface area contributed by atoms with Gasteiger partial charge in [-0.05, 0) is 12.5 Å². The minimum Gasteiger partial charge on any atom is -0.392 e. The molecule has 1 heterocycles. The predicted molar refractivity (Wildman–Crippen MR) is 71.8 cm³/mol. The third-order valence-electron chi connectivity index (χ3n) is 2.64. The molecule has 0 saturated carbocycles. The summed E-state index contributed by atoms with van der Waals surface area (Å²) in [4.78, 5) is 11.7. The molecule has 0 saturated heterocycles. The molecule has 0 aliphatic carbocycles. The molecule has 2 rings (SSSR count). The first-order valence-electron chi connectivity index (χ1n) is 6.18. The fourth-order valence-electron chi connectivity index (χ4n) is 1.68. The van der Waals surface area contributed by atoms with E-state index in [1.165, 1.54) is 6.20 Å². The standard InChI is InChI=1S/C14H17N3O2/c1-11(18)7-15-14(19)13-8-16-17(10-13)9-12-5-3-2-4-6-12/h2-6,8,10-11,18H,7,9H2,1H3,(H,15,19). The molecule has 2 N–H and O–H groups in total. The number of aliphatic hydroxyl groups is 1. The van der Waals surface area contributed by atoms with Gasteiger partial charge < -0.3 is 10.4 Å². The average molecular weight is 259 g/mol. The zero-order valence-electron chi connectivity index (χ0n) is 10.8. The van der Waals surface area contributed by atoms with Crippen LogP contribution < -0.4 is 5.32 Å². The Hall–Kier alpha value is -2.14. The van der Waals surface area contributed by atoms with E-state index in [9.17, 15) is 4.79 Å². The van der Waals surface area contributed by atoms with Gasteiger partial charge in [0.25, 0.3) is 5.91 Å². The molecule has 100 valence electrons. The molecule has 5 heteroatoms. The fourth-order valence-corrected chi connectivity index (χ4v) is 1.68. The Morgan fingerprint density at radius 2 is 2.16 bits per heavy atom. The van der Waals surface area contributed by atoms with Crippen molar-refractivity contribution in [3.05, 3.63) is 53.9 Å². The van der Waals surface area contributed by atoms with E-state index < -0.39 is 6.10 Å². The Bertz CT molecular complexity index is 535. The minimum absolute atomic E-state index is 0.222. The predicted octanol–water partition coefficient (Wildman–Crippen LogP) is 1.04. The van der Waals surface area contributed by atoms with Crippen LogP contribution in [-0.2, 0) is 6.54 Å². The third kappa shape index (κ3) is 3.93. The summed E-state index contributed by atoms with van der Waals surface area (Å²) in [5.74, 6) is -0.222. The van der Waals surface area contributed by atoms with E-state index in [0.717, 1.165) is 5.56 Å². The lowest BCUT2D eigenvalue weighted by Gasteiger charge is -2.05. The van der Waals surface area contributed by atoms with Gasteiger partial charge in [-0.2, -0.15) is 5.10 Å². The lowest BCUT2D eigenvalue weighted by Crippen LogP contribution is -2.30. The second kappa shape index (κ2) is 6.15. The summed E-state index contributed by atoms with van der Waals surface area (Å²) in [6, 6.07) is 9.91. The van der Waals surface area contributed by atoms with Gasteiger partial charge >= 0.3 is 0 Å². The molecule has 0 bridgehead atoms. The molecular weight excluding hydrogens is 242 g/mol. The Morgan fingerprint density at radius 3 is 2.84 bits per heavy atom. The number of aromatic nitrogens is 2. The summed E-state index contributed by atoms with van der Waals surface area (Å²) in [7, 11) is 0. The van der Waals surface area contributed by atoms with Crippen molar-refractivity contribution in [3.8, 4) is 0 Å². The summed E-state index contributed by atoms with van der Waals surface area (Å²) in [5, 5.41) is 15.9. The van der Waals surface area contributed by atoms with Gasteiger partial charge in [-0.25, -0.2) is 0 Å². The van der Waals surface area contributed by atoms with Crippen molar-refractivity contribution >= 4 is 5.91 Å². The van der Waals surface area contributed by atoms with Crippen LogP contribution in [0.4, 0.5) is 0 Å². The SMILES string of the molecule is CC(O)CNC(=O)c1cnn(Cc2ccccc2)c1. The summed E-state index contributed by atoms with van der Waals surface area (Å²) in [6.45, 7) is 2.49. The number of benzene rings is 1. The highest BCUT2D eigenvalue weighted by Gasteiger charge is 2.09. The number of carbonyl (C=O) groups excluding carboxylic acids is 1. The summed E-state index contributed by atoms with van der Waals surface area (Å²) < 4.78 is 1.71. The summed E-state index contributed by atoms with van der Waals surface area (Å²) in [5.41, 5.74) is 1.62. The Morgan fingerprint density at radius 1 is 1.42 bits per heavy atom. The maximum Gasteiger partial charge on any atom is 0.254 e. The van der Waals surface area contributed by atoms with Crippen LogP contribution in [0.2, 0.25) is 0 Å². The van der Waals surface area contributed by atoms with E-state index in [1.807, 2.05) is 30.3 Å². The summed E-state index contributed by atoms with van der Waals surface area (Å²) in [6.07, 6.45) is 2.67. The molecule has 5 nitrogen and oxygen atoms in total. The number of aliphatic hydroxyl groups excluding tert-OH is 1. The molecule has 0 radical (unpaired) electrons. The first-order valence-corrected chi connectivity index (χ1v) is 6.18. The zero-order chi connectivity index (χ0) is 13.7. The minimum atomic E-state index is -0.552. The van der Waals surface area contributed by atoms with Crippen molar-refractivity contribution in [2.45, 2.75) is 19.6 Å². The van der Waals surface area contributed by atoms with Gasteiger partial charge in [0.05, 0.1) is 24.4 Å². The maximum atomic E-state index is 11.7. The van der Waals surface area contributed by atoms with E-state index in [4.69, 9.17) is 5.11 Å². The lowest BCUT2D eigenvalue weighted by atomic mass is 10.2. The van der Waals surface area contributed by atoms with E-state index in [2.05, 4.69) is 10.4 Å². The maximum absolute atomic E-state index is 11.7. The number of hydrogen-bond acceptors (Lipinski definition) is 3. The first kappa shape index (κ1) is 13.3. The number of carbonyl (C=O) groups is 1. The van der Waals surface area contributed by atoms with Gasteiger partial charge in [0, 0.05) is 12.7 Å². The van der Waals surface area contributed by atoms with Crippen molar-refractivity contribution in [3.63, 3.8) is 0 Å². The van der Waals surface area contributed by atoms with E-state index in [0.29, 0.717) is 12.1 Å². The largest absolute Gasteiger partial charge is 0.392 e. The second-order valence-corrected chi connectivity index (χ2v) is 4.47. The number of nitrogens with zero attached hydrogens (tertiary/aromatic N) is 2. The molecule has 0 spiro atoms. The second-order valence-electron chi connectivity index (χ2n) is 4.47. The molecule has 1 amide bonds. The Kier molecular flexibility index (Phi) is 4.30. The van der Waals surface area contributed by atoms with Crippen LogP contribution >= 0.6 is 0 Å². The number of nitrogens with one attached hydrogen (secondary N) is 1. The lowest BCUT2D eigenvalue weighted by molar-refractivity contribution is 0.0924. The first-order chi connectivity index (χ1) is 9.15. The molecular formula is C14H17N3O2. The molecule has 0 aliphatic heterocycles. The van der Waals surface area contributed by atoms with E-state index in [1.54, 1.807) is 17.8 Å². The highest BCUT2D eigenvalue weighted by molar-refractivity contribution is 5.93. The molecule has 1 aromatic carbocycles. The van der Waals surface area contributed by atoms with Crippen LogP contribution in [-0.4, -0.2) is 33.4 Å². The number of hydrogen-bond donors (Lipinski definition) is 2. The Labute approximate surface area is 111 Å². The van der Waals surface area contributed by atoms with Crippen molar-refractivity contribution < 1.29 is 9.90 Å². The average Bonchev–Trinajstić information content (AvgIpc) is 2.85. The summed E-state index contributed by atoms with van der Waals surface area (Å²) >= 11 is 0. The van der Waals surface area contributed by atoms with Crippen LogP contribution in [0.15, 0.2) is 42.7 Å². The van der Waals surface area contributed by atoms with Crippen LogP contribution in [0, 0.1) is 0 Å². The molecule has 2 aromatic rings. The molecule has 1 unspecified atom stereocenters. The van der Waals surface area contributed by atoms with Crippen LogP contribution in [0.3, 0.4) is 0 Å². The third-order valence-corrected chi connectivity index (χ3v) is 2.64. The van der Waals surface area contributed by atoms with Crippen molar-refractivity contribution in [2.75, 3.05) is 6.54 Å². The van der Waals surface area contributed by atoms with Gasteiger partial charge in [0.1, 0.15) is 0 Å². The van der Waals surface area contributed by atoms with Crippen LogP contribution in [0.1, 0.15) is 22.8 Å². The fraction of sp³-hybridized carbons (Fsp3) is 0.286. The monoisotopic (exact) mass is 259 g/mol. The van der Waals surface area contributed by atoms with Gasteiger partial charge in [-0.3, -0.25) is 9.48 Å². The Balaban J connectivity index is 1.97. The molecule has 0 fully saturated rings. The smallest absolute Gasteiger partial charge is 0.254 e. The molecule has 1 aromatic heterocycles. The van der Waals surface area contributed by atoms with Crippen LogP contribution in [0.25, 0.3) is 0 Å². The van der Waals surface area contributed by atoms with Crippen molar-refractivity contribution in [2.24, 2.45) is 0 Å². The van der Waals surface area contributed by atoms with Gasteiger partial charge in [0.2, 0.25) is 0 Å². The number of amides is 1. The van der Waals surface area contributed by atoms with Gasteiger partial charge in [0.15, 0.2) is 0 Å². The van der Waals surface area contributed by atoms with Gasteiger partial charge in [-0.15, -0.1) is 0 Å². The number of rotatable bonds is 5. The quantitative estimate of drug-likeness (QED) is 0.843. The van der Waals surface area contributed by atoms with E-state index >= 15 is 0 Å². The molecule has 19 heavy (non-hydrogen) atoms. The molecule has 0 aliphatic rings. The van der Waals surface area contributed by atoms with Crippen LogP contribution in [0.5, 0.6) is 0 Å². The highest BCUT2D eigenvalue weighted by Crippen LogP contribution is 2.04. The molecule has 1 atom stereocenters. The van der Waals surface area contributed by atoms with Crippen molar-refractivity contribution in [1.29, 1.82) is 0 Å². The van der Waals surface area contributed by atoms with E-state index in [-0.39, 0.29) is 12.5 Å². The van der Waals surface area contributed by atoms with Crippen molar-refractivity contribution in [1.82, 2.24) is 15.1 Å². The normalized spacial score (nSPS) is 12.1. The van der Waals surface area contributed by atoms with Gasteiger partial charge in [-0.1, -0.05) is 30.3 Å². The zero-order valence-corrected chi connectivity index (χ0v) is 10.8. The topological polar surface area (TPSA) is 67.2 Å². The highest BCUT2D eigenvalue weighted by atomic mass is 16.3.